The van der Waals surface area contributed by atoms with E-state index in [1.165, 1.54) is 0 Å². The number of hydrogen-bond donors (Lipinski definition) is 1. The summed E-state index contributed by atoms with van der Waals surface area (Å²) in [5.74, 6) is 0.913. The van der Waals surface area contributed by atoms with Crippen molar-refractivity contribution in [2.45, 2.75) is 39.5 Å². The van der Waals surface area contributed by atoms with Gasteiger partial charge in [-0.05, 0) is 31.3 Å². The van der Waals surface area contributed by atoms with Gasteiger partial charge < -0.3 is 5.11 Å². The van der Waals surface area contributed by atoms with Gasteiger partial charge in [-0.25, -0.2) is 0 Å². The van der Waals surface area contributed by atoms with Crippen LogP contribution in [0.25, 0.3) is 0 Å². The van der Waals surface area contributed by atoms with E-state index in [1.807, 2.05) is 0 Å². The van der Waals surface area contributed by atoms with Crippen molar-refractivity contribution in [1.29, 1.82) is 0 Å². The van der Waals surface area contributed by atoms with Crippen molar-refractivity contribution >= 4 is 5.78 Å². The molecule has 1 aliphatic rings. The number of allylic oxidation sites excluding steroid dienone is 2. The Balaban J connectivity index is 2.50. The Bertz CT molecular complexity index is 216. The number of Topliss-reactive ketones (excluding diaryl/α,β-unsaturated/α-hetero) is 1. The SMILES string of the molecule is CC(C)CCC1C(=O)CCC=C1O. The van der Waals surface area contributed by atoms with Crippen molar-refractivity contribution in [3.05, 3.63) is 11.8 Å². The molecular formula is C11H18O2. The maximum absolute atomic E-state index is 11.4. The molecule has 1 N–H and O–H groups in total. The molecule has 0 aliphatic heterocycles. The second-order valence-electron chi connectivity index (χ2n) is 4.16. The highest BCUT2D eigenvalue weighted by atomic mass is 16.3. The van der Waals surface area contributed by atoms with Gasteiger partial charge in [0.25, 0.3) is 0 Å². The van der Waals surface area contributed by atoms with Crippen LogP contribution in [0.5, 0.6) is 0 Å². The van der Waals surface area contributed by atoms with Crippen molar-refractivity contribution in [3.63, 3.8) is 0 Å². The highest BCUT2D eigenvalue weighted by Crippen LogP contribution is 2.25. The highest BCUT2D eigenvalue weighted by molar-refractivity contribution is 5.84. The van der Waals surface area contributed by atoms with E-state index in [2.05, 4.69) is 13.8 Å². The molecule has 0 fully saturated rings. The maximum atomic E-state index is 11.4. The summed E-state index contributed by atoms with van der Waals surface area (Å²) in [5, 5.41) is 9.49. The molecule has 0 saturated carbocycles. The van der Waals surface area contributed by atoms with Crippen LogP contribution in [0.3, 0.4) is 0 Å². The average Bonchev–Trinajstić information content (AvgIpc) is 2.03. The Kier molecular flexibility index (Phi) is 3.52. The van der Waals surface area contributed by atoms with E-state index < -0.39 is 0 Å². The fourth-order valence-corrected chi connectivity index (χ4v) is 1.65. The summed E-state index contributed by atoms with van der Waals surface area (Å²) in [6.07, 6.45) is 4.91. The number of carbonyl (C=O) groups excluding carboxylic acids is 1. The van der Waals surface area contributed by atoms with Gasteiger partial charge in [-0.15, -0.1) is 0 Å². The second kappa shape index (κ2) is 4.45. The molecular weight excluding hydrogens is 164 g/mol. The topological polar surface area (TPSA) is 37.3 Å². The standard InChI is InChI=1S/C11H18O2/c1-8(2)6-7-9-10(12)4-3-5-11(9)13/h4,8-9,12H,3,5-7H2,1-2H3. The van der Waals surface area contributed by atoms with Crippen LogP contribution in [-0.4, -0.2) is 10.9 Å². The van der Waals surface area contributed by atoms with Gasteiger partial charge in [-0.1, -0.05) is 13.8 Å². The highest BCUT2D eigenvalue weighted by Gasteiger charge is 2.24. The van der Waals surface area contributed by atoms with E-state index in [9.17, 15) is 9.90 Å². The minimum atomic E-state index is -0.198. The quantitative estimate of drug-likeness (QED) is 0.728. The summed E-state index contributed by atoms with van der Waals surface area (Å²) in [6.45, 7) is 4.27. The molecule has 0 heterocycles. The molecule has 0 amide bonds. The molecule has 13 heavy (non-hydrogen) atoms. The lowest BCUT2D eigenvalue weighted by molar-refractivity contribution is -0.123. The summed E-state index contributed by atoms with van der Waals surface area (Å²) >= 11 is 0. The Hall–Kier alpha value is -0.790. The number of aliphatic hydroxyl groups is 1. The predicted molar refractivity (Wildman–Crippen MR) is 52.5 cm³/mol. The molecule has 0 aromatic heterocycles. The fraction of sp³-hybridized carbons (Fsp3) is 0.727. The molecule has 0 bridgehead atoms. The van der Waals surface area contributed by atoms with Gasteiger partial charge in [0, 0.05) is 6.42 Å². The third-order valence-corrected chi connectivity index (χ3v) is 2.52. The third-order valence-electron chi connectivity index (χ3n) is 2.52. The predicted octanol–water partition coefficient (Wildman–Crippen LogP) is 2.84. The minimum Gasteiger partial charge on any atom is -0.512 e. The minimum absolute atomic E-state index is 0.198. The third kappa shape index (κ3) is 2.87. The largest absolute Gasteiger partial charge is 0.512 e. The number of hydrogen-bond acceptors (Lipinski definition) is 2. The van der Waals surface area contributed by atoms with E-state index in [4.69, 9.17) is 0 Å². The van der Waals surface area contributed by atoms with Gasteiger partial charge in [-0.3, -0.25) is 4.79 Å². The maximum Gasteiger partial charge on any atom is 0.143 e. The summed E-state index contributed by atoms with van der Waals surface area (Å²) in [6, 6.07) is 0. The summed E-state index contributed by atoms with van der Waals surface area (Å²) in [5.41, 5.74) is 0. The fourth-order valence-electron chi connectivity index (χ4n) is 1.65. The zero-order chi connectivity index (χ0) is 9.84. The lowest BCUT2D eigenvalue weighted by atomic mass is 9.87. The summed E-state index contributed by atoms with van der Waals surface area (Å²) in [4.78, 5) is 11.4. The first-order valence-electron chi connectivity index (χ1n) is 5.03. The van der Waals surface area contributed by atoms with Crippen LogP contribution in [0.1, 0.15) is 39.5 Å². The zero-order valence-electron chi connectivity index (χ0n) is 8.42. The van der Waals surface area contributed by atoms with E-state index in [0.717, 1.165) is 12.8 Å². The molecule has 0 saturated heterocycles. The first kappa shape index (κ1) is 10.3. The molecule has 2 nitrogen and oxygen atoms in total. The van der Waals surface area contributed by atoms with Crippen molar-refractivity contribution in [2.75, 3.05) is 0 Å². The lowest BCUT2D eigenvalue weighted by Crippen LogP contribution is -2.20. The van der Waals surface area contributed by atoms with Crippen LogP contribution in [-0.2, 0) is 4.79 Å². The zero-order valence-corrected chi connectivity index (χ0v) is 8.42. The average molecular weight is 182 g/mol. The molecule has 1 rings (SSSR count). The lowest BCUT2D eigenvalue weighted by Gasteiger charge is -2.19. The Morgan fingerprint density at radius 2 is 2.31 bits per heavy atom. The van der Waals surface area contributed by atoms with Crippen LogP contribution >= 0.6 is 0 Å². The molecule has 1 aliphatic carbocycles. The van der Waals surface area contributed by atoms with Gasteiger partial charge >= 0.3 is 0 Å². The molecule has 0 aromatic carbocycles. The normalized spacial score (nSPS) is 23.5. The Labute approximate surface area is 79.6 Å². The molecule has 2 heteroatoms. The van der Waals surface area contributed by atoms with Gasteiger partial charge in [0.1, 0.15) is 5.78 Å². The van der Waals surface area contributed by atoms with Crippen molar-refractivity contribution in [3.8, 4) is 0 Å². The molecule has 0 aromatic rings. The molecule has 1 atom stereocenters. The monoisotopic (exact) mass is 182 g/mol. The van der Waals surface area contributed by atoms with Crippen LogP contribution in [0.4, 0.5) is 0 Å². The first-order chi connectivity index (χ1) is 6.11. The Morgan fingerprint density at radius 3 is 2.85 bits per heavy atom. The van der Waals surface area contributed by atoms with Crippen LogP contribution < -0.4 is 0 Å². The van der Waals surface area contributed by atoms with E-state index in [0.29, 0.717) is 24.5 Å². The molecule has 74 valence electrons. The van der Waals surface area contributed by atoms with Crippen LogP contribution in [0.15, 0.2) is 11.8 Å². The summed E-state index contributed by atoms with van der Waals surface area (Å²) < 4.78 is 0. The number of carbonyl (C=O) groups is 1. The smallest absolute Gasteiger partial charge is 0.143 e. The number of aliphatic hydroxyl groups excluding tert-OH is 1. The van der Waals surface area contributed by atoms with Crippen LogP contribution in [0.2, 0.25) is 0 Å². The van der Waals surface area contributed by atoms with Crippen molar-refractivity contribution in [1.82, 2.24) is 0 Å². The molecule has 1 unspecified atom stereocenters. The summed E-state index contributed by atoms with van der Waals surface area (Å²) in [7, 11) is 0. The second-order valence-corrected chi connectivity index (χ2v) is 4.16. The van der Waals surface area contributed by atoms with Crippen LogP contribution in [0, 0.1) is 11.8 Å². The van der Waals surface area contributed by atoms with E-state index in [1.54, 1.807) is 6.08 Å². The van der Waals surface area contributed by atoms with Gasteiger partial charge in [0.2, 0.25) is 0 Å². The van der Waals surface area contributed by atoms with Gasteiger partial charge in [0.15, 0.2) is 0 Å². The van der Waals surface area contributed by atoms with Crippen molar-refractivity contribution in [2.24, 2.45) is 11.8 Å². The van der Waals surface area contributed by atoms with Gasteiger partial charge in [-0.2, -0.15) is 0 Å². The first-order valence-corrected chi connectivity index (χ1v) is 5.03. The number of ketones is 1. The van der Waals surface area contributed by atoms with Gasteiger partial charge in [0.05, 0.1) is 11.7 Å². The van der Waals surface area contributed by atoms with E-state index in [-0.39, 0.29) is 11.7 Å². The van der Waals surface area contributed by atoms with E-state index >= 15 is 0 Å². The van der Waals surface area contributed by atoms with Crippen molar-refractivity contribution < 1.29 is 9.90 Å². The molecule has 0 radical (unpaired) electrons. The molecule has 0 spiro atoms. The number of rotatable bonds is 3. The Morgan fingerprint density at radius 1 is 1.62 bits per heavy atom.